The molecule has 27 heavy (non-hydrogen) atoms. The lowest BCUT2D eigenvalue weighted by Crippen LogP contribution is -2.50. The third kappa shape index (κ3) is 6.00. The number of amides is 1. The van der Waals surface area contributed by atoms with Gasteiger partial charge in [-0.2, -0.15) is 0 Å². The monoisotopic (exact) mass is 394 g/mol. The van der Waals surface area contributed by atoms with Crippen LogP contribution < -0.4 is 0 Å². The van der Waals surface area contributed by atoms with Gasteiger partial charge in [-0.3, -0.25) is 14.6 Å². The number of hydrogen-bond acceptors (Lipinski definition) is 5. The molecule has 2 heterocycles. The minimum atomic E-state index is -3.18. The van der Waals surface area contributed by atoms with E-state index in [1.807, 2.05) is 11.0 Å². The molecule has 0 unspecified atom stereocenters. The van der Waals surface area contributed by atoms with E-state index in [0.717, 1.165) is 32.7 Å². The van der Waals surface area contributed by atoms with Crippen LogP contribution in [-0.2, 0) is 21.4 Å². The standard InChI is InChI=1S/C19H30N4O3S/c1-27(25,26)23-9-5-8-22(14-15-23)19(24)17-21-12-10-20(11-13-21)16-18-6-3-2-4-7-18/h2-4,6-7H,5,8-17H2,1H3. The van der Waals surface area contributed by atoms with Gasteiger partial charge in [-0.05, 0) is 12.0 Å². The summed E-state index contributed by atoms with van der Waals surface area (Å²) >= 11 is 0. The normalized spacial score (nSPS) is 21.1. The van der Waals surface area contributed by atoms with Crippen LogP contribution >= 0.6 is 0 Å². The number of nitrogens with zero attached hydrogens (tertiary/aromatic N) is 4. The largest absolute Gasteiger partial charge is 0.340 e. The van der Waals surface area contributed by atoms with E-state index in [4.69, 9.17) is 0 Å². The van der Waals surface area contributed by atoms with Crippen LogP contribution in [0, 0.1) is 0 Å². The van der Waals surface area contributed by atoms with E-state index in [2.05, 4.69) is 34.1 Å². The van der Waals surface area contributed by atoms with Crippen molar-refractivity contribution < 1.29 is 13.2 Å². The van der Waals surface area contributed by atoms with E-state index in [1.54, 1.807) is 0 Å². The molecule has 8 heteroatoms. The van der Waals surface area contributed by atoms with Gasteiger partial charge in [0.15, 0.2) is 0 Å². The van der Waals surface area contributed by atoms with Gasteiger partial charge >= 0.3 is 0 Å². The van der Waals surface area contributed by atoms with Gasteiger partial charge in [0.25, 0.3) is 0 Å². The van der Waals surface area contributed by atoms with E-state index in [0.29, 0.717) is 39.1 Å². The molecule has 0 N–H and O–H groups in total. The molecular formula is C19H30N4O3S. The van der Waals surface area contributed by atoms with Crippen molar-refractivity contribution in [1.29, 1.82) is 0 Å². The number of sulfonamides is 1. The molecule has 0 aliphatic carbocycles. The summed E-state index contributed by atoms with van der Waals surface area (Å²) in [5, 5.41) is 0. The number of piperazine rings is 1. The first kappa shape index (κ1) is 20.3. The maximum Gasteiger partial charge on any atom is 0.236 e. The van der Waals surface area contributed by atoms with E-state index in [1.165, 1.54) is 16.1 Å². The van der Waals surface area contributed by atoms with Crippen LogP contribution in [0.2, 0.25) is 0 Å². The molecule has 0 radical (unpaired) electrons. The van der Waals surface area contributed by atoms with Crippen LogP contribution in [0.5, 0.6) is 0 Å². The van der Waals surface area contributed by atoms with Crippen LogP contribution in [-0.4, -0.2) is 98.5 Å². The van der Waals surface area contributed by atoms with E-state index in [-0.39, 0.29) is 5.91 Å². The molecule has 7 nitrogen and oxygen atoms in total. The molecule has 1 aromatic carbocycles. The zero-order valence-corrected chi connectivity index (χ0v) is 16.9. The number of carbonyl (C=O) groups excluding carboxylic acids is 1. The molecule has 0 aromatic heterocycles. The summed E-state index contributed by atoms with van der Waals surface area (Å²) < 4.78 is 24.9. The zero-order chi connectivity index (χ0) is 19.3. The highest BCUT2D eigenvalue weighted by Gasteiger charge is 2.26. The Morgan fingerprint density at radius 1 is 0.889 bits per heavy atom. The Kier molecular flexibility index (Phi) is 6.86. The fraction of sp³-hybridized carbons (Fsp3) is 0.632. The van der Waals surface area contributed by atoms with Gasteiger partial charge in [-0.15, -0.1) is 0 Å². The Morgan fingerprint density at radius 2 is 1.56 bits per heavy atom. The molecule has 150 valence electrons. The van der Waals surface area contributed by atoms with Crippen molar-refractivity contribution in [2.75, 3.05) is 65.2 Å². The number of rotatable bonds is 5. The highest BCUT2D eigenvalue weighted by molar-refractivity contribution is 7.88. The summed E-state index contributed by atoms with van der Waals surface area (Å²) in [4.78, 5) is 19.1. The Labute approximate surface area is 162 Å². The third-order valence-electron chi connectivity index (χ3n) is 5.35. The first-order chi connectivity index (χ1) is 12.9. The van der Waals surface area contributed by atoms with Gasteiger partial charge < -0.3 is 4.90 Å². The number of benzene rings is 1. The van der Waals surface area contributed by atoms with E-state index >= 15 is 0 Å². The Hall–Kier alpha value is -1.48. The molecular weight excluding hydrogens is 364 g/mol. The maximum absolute atomic E-state index is 12.7. The Bertz CT molecular complexity index is 718. The highest BCUT2D eigenvalue weighted by atomic mass is 32.2. The van der Waals surface area contributed by atoms with Gasteiger partial charge in [0, 0.05) is 58.9 Å². The second-order valence-corrected chi connectivity index (χ2v) is 9.42. The highest BCUT2D eigenvalue weighted by Crippen LogP contribution is 2.10. The average Bonchev–Trinajstić information content (AvgIpc) is 2.90. The van der Waals surface area contributed by atoms with Gasteiger partial charge in [-0.1, -0.05) is 30.3 Å². The van der Waals surface area contributed by atoms with Crippen molar-refractivity contribution >= 4 is 15.9 Å². The summed E-state index contributed by atoms with van der Waals surface area (Å²) in [5.74, 6) is 0.113. The molecule has 1 aromatic rings. The Morgan fingerprint density at radius 3 is 2.22 bits per heavy atom. The molecule has 0 saturated carbocycles. The van der Waals surface area contributed by atoms with Crippen LogP contribution in [0.1, 0.15) is 12.0 Å². The van der Waals surface area contributed by atoms with Crippen molar-refractivity contribution in [3.05, 3.63) is 35.9 Å². The molecule has 0 atom stereocenters. The third-order valence-corrected chi connectivity index (χ3v) is 6.65. The predicted octanol–water partition coefficient (Wildman–Crippen LogP) is 0.298. The second-order valence-electron chi connectivity index (χ2n) is 7.43. The smallest absolute Gasteiger partial charge is 0.236 e. The minimum absolute atomic E-state index is 0.113. The summed E-state index contributed by atoms with van der Waals surface area (Å²) in [6.07, 6.45) is 1.93. The summed E-state index contributed by atoms with van der Waals surface area (Å²) in [7, 11) is -3.18. The van der Waals surface area contributed by atoms with Gasteiger partial charge in [-0.25, -0.2) is 12.7 Å². The van der Waals surface area contributed by atoms with Gasteiger partial charge in [0.05, 0.1) is 12.8 Å². The Balaban J connectivity index is 1.43. The average molecular weight is 395 g/mol. The van der Waals surface area contributed by atoms with Gasteiger partial charge in [0.2, 0.25) is 15.9 Å². The van der Waals surface area contributed by atoms with E-state index < -0.39 is 10.0 Å². The number of carbonyl (C=O) groups is 1. The summed E-state index contributed by atoms with van der Waals surface area (Å²) in [6.45, 7) is 7.11. The van der Waals surface area contributed by atoms with Crippen LogP contribution in [0.3, 0.4) is 0 Å². The minimum Gasteiger partial charge on any atom is -0.340 e. The number of hydrogen-bond donors (Lipinski definition) is 0. The van der Waals surface area contributed by atoms with Crippen molar-refractivity contribution in [2.45, 2.75) is 13.0 Å². The first-order valence-corrected chi connectivity index (χ1v) is 11.5. The maximum atomic E-state index is 12.7. The second kappa shape index (κ2) is 9.14. The lowest BCUT2D eigenvalue weighted by Gasteiger charge is -2.35. The fourth-order valence-corrected chi connectivity index (χ4v) is 4.59. The topological polar surface area (TPSA) is 64.2 Å². The van der Waals surface area contributed by atoms with Crippen molar-refractivity contribution in [3.8, 4) is 0 Å². The predicted molar refractivity (Wildman–Crippen MR) is 106 cm³/mol. The first-order valence-electron chi connectivity index (χ1n) is 9.63. The summed E-state index contributed by atoms with van der Waals surface area (Å²) in [5.41, 5.74) is 1.32. The van der Waals surface area contributed by atoms with E-state index in [9.17, 15) is 13.2 Å². The SMILES string of the molecule is CS(=O)(=O)N1CCCN(C(=O)CN2CCN(Cc3ccccc3)CC2)CC1. The quantitative estimate of drug-likeness (QED) is 0.719. The van der Waals surface area contributed by atoms with Crippen molar-refractivity contribution in [3.63, 3.8) is 0 Å². The zero-order valence-electron chi connectivity index (χ0n) is 16.1. The molecule has 0 bridgehead atoms. The lowest BCUT2D eigenvalue weighted by atomic mass is 10.2. The molecule has 2 aliphatic rings. The molecule has 2 aliphatic heterocycles. The summed E-state index contributed by atoms with van der Waals surface area (Å²) in [6, 6.07) is 10.5. The molecule has 2 fully saturated rings. The van der Waals surface area contributed by atoms with Gasteiger partial charge in [0.1, 0.15) is 0 Å². The van der Waals surface area contributed by atoms with Crippen molar-refractivity contribution in [2.24, 2.45) is 0 Å². The van der Waals surface area contributed by atoms with Crippen LogP contribution in [0.4, 0.5) is 0 Å². The molecule has 1 amide bonds. The fourth-order valence-electron chi connectivity index (χ4n) is 3.71. The van der Waals surface area contributed by atoms with Crippen LogP contribution in [0.25, 0.3) is 0 Å². The molecule has 0 spiro atoms. The van der Waals surface area contributed by atoms with Crippen molar-refractivity contribution in [1.82, 2.24) is 19.0 Å². The molecule has 3 rings (SSSR count). The molecule has 2 saturated heterocycles. The van der Waals surface area contributed by atoms with Crippen LogP contribution in [0.15, 0.2) is 30.3 Å². The lowest BCUT2D eigenvalue weighted by molar-refractivity contribution is -0.132.